The predicted octanol–water partition coefficient (Wildman–Crippen LogP) is 2.98. The van der Waals surface area contributed by atoms with Gasteiger partial charge >= 0.3 is 0 Å². The van der Waals surface area contributed by atoms with E-state index < -0.39 is 5.92 Å². The molecule has 0 unspecified atom stereocenters. The van der Waals surface area contributed by atoms with Crippen LogP contribution in [0.3, 0.4) is 0 Å². The van der Waals surface area contributed by atoms with Crippen molar-refractivity contribution < 1.29 is 9.53 Å². The molecule has 4 rings (SSSR count). The molecular formula is C23H28N4O2. The Bertz CT molecular complexity index is 931. The highest BCUT2D eigenvalue weighted by Crippen LogP contribution is 2.49. The first-order valence-corrected chi connectivity index (χ1v) is 10.2. The second-order valence-corrected chi connectivity index (χ2v) is 8.93. The molecule has 2 heterocycles. The van der Waals surface area contributed by atoms with Gasteiger partial charge in [0.25, 0.3) is 0 Å². The summed E-state index contributed by atoms with van der Waals surface area (Å²) in [5, 5.41) is 14.1. The summed E-state index contributed by atoms with van der Waals surface area (Å²) in [5.41, 5.74) is 10.7. The lowest BCUT2D eigenvalue weighted by Crippen LogP contribution is -2.53. The number of nitriles is 1. The minimum absolute atomic E-state index is 0.111. The number of nitrogens with two attached hydrogens (primary N) is 1. The van der Waals surface area contributed by atoms with E-state index in [-0.39, 0.29) is 11.2 Å². The van der Waals surface area contributed by atoms with E-state index >= 15 is 0 Å². The number of allylic oxidation sites excluding steroid dienone is 3. The average Bonchev–Trinajstić information content (AvgIpc) is 2.67. The number of ether oxygens (including phenoxy) is 1. The van der Waals surface area contributed by atoms with E-state index in [4.69, 9.17) is 10.5 Å². The third kappa shape index (κ3) is 3.45. The van der Waals surface area contributed by atoms with Gasteiger partial charge in [-0.1, -0.05) is 43.7 Å². The molecule has 3 aliphatic rings. The second-order valence-electron chi connectivity index (χ2n) is 8.93. The van der Waals surface area contributed by atoms with Gasteiger partial charge in [-0.25, -0.2) is 5.01 Å². The molecule has 1 aliphatic carbocycles. The molecule has 2 N–H and O–H groups in total. The molecule has 1 saturated heterocycles. The number of hydrazine groups is 1. The van der Waals surface area contributed by atoms with Gasteiger partial charge in [0.05, 0.1) is 30.8 Å². The van der Waals surface area contributed by atoms with Crippen molar-refractivity contribution in [2.75, 3.05) is 26.3 Å². The molecule has 0 bridgehead atoms. The summed E-state index contributed by atoms with van der Waals surface area (Å²) in [6.07, 6.45) is 1.22. The van der Waals surface area contributed by atoms with E-state index in [1.54, 1.807) is 0 Å². The number of carbonyl (C=O) groups is 1. The number of Topliss-reactive ketones (excluding diaryl/α,β-unsaturated/α-hetero) is 1. The van der Waals surface area contributed by atoms with Gasteiger partial charge in [-0.3, -0.25) is 9.80 Å². The summed E-state index contributed by atoms with van der Waals surface area (Å²) in [7, 11) is 0. The maximum Gasteiger partial charge on any atom is 0.162 e. The number of morpholine rings is 1. The quantitative estimate of drug-likeness (QED) is 0.833. The van der Waals surface area contributed by atoms with Gasteiger partial charge in [0.1, 0.15) is 5.82 Å². The van der Waals surface area contributed by atoms with Crippen molar-refractivity contribution in [3.05, 3.63) is 58.1 Å². The summed E-state index contributed by atoms with van der Waals surface area (Å²) in [5.74, 6) is 0.140. The van der Waals surface area contributed by atoms with E-state index in [0.29, 0.717) is 44.1 Å². The summed E-state index contributed by atoms with van der Waals surface area (Å²) in [4.78, 5) is 13.4. The van der Waals surface area contributed by atoms with Crippen molar-refractivity contribution in [3.63, 3.8) is 0 Å². The fourth-order valence-corrected chi connectivity index (χ4v) is 4.66. The lowest BCUT2D eigenvalue weighted by Gasteiger charge is -2.48. The van der Waals surface area contributed by atoms with E-state index in [9.17, 15) is 10.1 Å². The molecule has 1 aromatic carbocycles. The van der Waals surface area contributed by atoms with Crippen LogP contribution in [0, 0.1) is 23.7 Å². The average molecular weight is 393 g/mol. The van der Waals surface area contributed by atoms with Gasteiger partial charge in [-0.05, 0) is 24.3 Å². The zero-order valence-electron chi connectivity index (χ0n) is 17.4. The maximum absolute atomic E-state index is 13.4. The van der Waals surface area contributed by atoms with Crippen LogP contribution in [0.2, 0.25) is 0 Å². The van der Waals surface area contributed by atoms with Crippen molar-refractivity contribution >= 4 is 5.78 Å². The van der Waals surface area contributed by atoms with Crippen LogP contribution < -0.4 is 5.73 Å². The SMILES string of the molecule is Cc1ccc([C@H]2C(C#N)=C(N)N(N3CCOCC3)C3=C2C(=O)CC(C)(C)C3)cc1. The van der Waals surface area contributed by atoms with Gasteiger partial charge in [0, 0.05) is 30.8 Å². The lowest BCUT2D eigenvalue weighted by molar-refractivity contribution is -0.119. The number of hydrogen-bond donors (Lipinski definition) is 1. The minimum Gasteiger partial charge on any atom is -0.383 e. The summed E-state index contributed by atoms with van der Waals surface area (Å²) >= 11 is 0. The molecular weight excluding hydrogens is 364 g/mol. The molecule has 6 heteroatoms. The largest absolute Gasteiger partial charge is 0.383 e. The van der Waals surface area contributed by atoms with Crippen molar-refractivity contribution in [2.24, 2.45) is 11.1 Å². The highest BCUT2D eigenvalue weighted by Gasteiger charge is 2.45. The second kappa shape index (κ2) is 7.33. The Morgan fingerprint density at radius 3 is 2.45 bits per heavy atom. The number of benzene rings is 1. The highest BCUT2D eigenvalue weighted by atomic mass is 16.5. The molecule has 152 valence electrons. The Morgan fingerprint density at radius 2 is 1.83 bits per heavy atom. The van der Waals surface area contributed by atoms with E-state index in [2.05, 4.69) is 24.9 Å². The molecule has 1 fully saturated rings. The monoisotopic (exact) mass is 392 g/mol. The van der Waals surface area contributed by atoms with Gasteiger partial charge in [-0.2, -0.15) is 5.26 Å². The third-order valence-electron chi connectivity index (χ3n) is 6.04. The molecule has 1 atom stereocenters. The summed E-state index contributed by atoms with van der Waals surface area (Å²) in [6, 6.07) is 10.4. The molecule has 1 aromatic rings. The van der Waals surface area contributed by atoms with Crippen LogP contribution in [0.1, 0.15) is 43.7 Å². The Balaban J connectivity index is 1.91. The van der Waals surface area contributed by atoms with E-state index in [0.717, 1.165) is 28.8 Å². The number of hydrogen-bond acceptors (Lipinski definition) is 6. The molecule has 0 aromatic heterocycles. The van der Waals surface area contributed by atoms with Crippen LogP contribution in [0.15, 0.2) is 46.9 Å². The Hall–Kier alpha value is -2.62. The van der Waals surface area contributed by atoms with Crippen molar-refractivity contribution in [1.82, 2.24) is 10.0 Å². The van der Waals surface area contributed by atoms with E-state index in [1.165, 1.54) is 0 Å². The topological polar surface area (TPSA) is 82.6 Å². The highest BCUT2D eigenvalue weighted by molar-refractivity contribution is 6.00. The first-order chi connectivity index (χ1) is 13.8. The number of carbonyl (C=O) groups excluding carboxylic acids is 1. The molecule has 6 nitrogen and oxygen atoms in total. The van der Waals surface area contributed by atoms with Gasteiger partial charge in [0.15, 0.2) is 5.78 Å². The molecule has 2 aliphatic heterocycles. The summed E-state index contributed by atoms with van der Waals surface area (Å²) < 4.78 is 5.51. The smallest absolute Gasteiger partial charge is 0.162 e. The number of aryl methyl sites for hydroxylation is 1. The fourth-order valence-electron chi connectivity index (χ4n) is 4.66. The molecule has 0 spiro atoms. The molecule has 29 heavy (non-hydrogen) atoms. The Morgan fingerprint density at radius 1 is 1.17 bits per heavy atom. The molecule has 0 saturated carbocycles. The van der Waals surface area contributed by atoms with Crippen molar-refractivity contribution in [2.45, 2.75) is 39.5 Å². The maximum atomic E-state index is 13.4. The van der Waals surface area contributed by atoms with Crippen LogP contribution in [0.5, 0.6) is 0 Å². The third-order valence-corrected chi connectivity index (χ3v) is 6.04. The standard InChI is InChI=1S/C23H28N4O2/c1-15-4-6-16(7-5-15)20-17(14-24)22(25)27(26-8-10-29-11-9-26)18-12-23(2,3)13-19(28)21(18)20/h4-7,20H,8-13,25H2,1-3H3/t20-/m0/s1. The zero-order chi connectivity index (χ0) is 20.8. The lowest BCUT2D eigenvalue weighted by atomic mass is 9.69. The van der Waals surface area contributed by atoms with Crippen LogP contribution in [0.25, 0.3) is 0 Å². The Labute approximate surface area is 172 Å². The zero-order valence-corrected chi connectivity index (χ0v) is 17.4. The first-order valence-electron chi connectivity index (χ1n) is 10.2. The number of nitrogens with zero attached hydrogens (tertiary/aromatic N) is 3. The molecule has 0 radical (unpaired) electrons. The van der Waals surface area contributed by atoms with Crippen LogP contribution in [-0.2, 0) is 9.53 Å². The fraction of sp³-hybridized carbons (Fsp3) is 0.478. The normalized spacial score (nSPS) is 25.1. The van der Waals surface area contributed by atoms with Gasteiger partial charge < -0.3 is 10.5 Å². The summed E-state index contributed by atoms with van der Waals surface area (Å²) in [6.45, 7) is 8.83. The van der Waals surface area contributed by atoms with Crippen LogP contribution >= 0.6 is 0 Å². The van der Waals surface area contributed by atoms with E-state index in [1.807, 2.05) is 36.2 Å². The van der Waals surface area contributed by atoms with Crippen LogP contribution in [0.4, 0.5) is 0 Å². The van der Waals surface area contributed by atoms with Gasteiger partial charge in [0.2, 0.25) is 0 Å². The number of rotatable bonds is 2. The number of ketones is 1. The minimum atomic E-state index is -0.406. The Kier molecular flexibility index (Phi) is 4.97. The molecule has 0 amide bonds. The van der Waals surface area contributed by atoms with Crippen molar-refractivity contribution in [3.8, 4) is 6.07 Å². The predicted molar refractivity (Wildman–Crippen MR) is 110 cm³/mol. The first kappa shape index (κ1) is 19.7. The van der Waals surface area contributed by atoms with Crippen molar-refractivity contribution in [1.29, 1.82) is 5.26 Å². The van der Waals surface area contributed by atoms with Gasteiger partial charge in [-0.15, -0.1) is 0 Å². The van der Waals surface area contributed by atoms with Crippen LogP contribution in [-0.4, -0.2) is 42.1 Å².